The Bertz CT molecular complexity index is 1500. The summed E-state index contributed by atoms with van der Waals surface area (Å²) in [6.07, 6.45) is 11.5. The monoisotopic (exact) mass is 542 g/mol. The van der Waals surface area contributed by atoms with E-state index in [1.54, 1.807) is 13.1 Å². The van der Waals surface area contributed by atoms with Crippen LogP contribution in [-0.4, -0.2) is 60.2 Å². The molecule has 0 aromatic carbocycles. The highest BCUT2D eigenvalue weighted by molar-refractivity contribution is 5.93. The predicted molar refractivity (Wildman–Crippen MR) is 155 cm³/mol. The molecule has 0 spiro atoms. The van der Waals surface area contributed by atoms with Crippen LogP contribution in [0.5, 0.6) is 5.88 Å². The van der Waals surface area contributed by atoms with Crippen LogP contribution < -0.4 is 15.6 Å². The van der Waals surface area contributed by atoms with Crippen LogP contribution in [0.2, 0.25) is 0 Å². The van der Waals surface area contributed by atoms with Gasteiger partial charge in [0.25, 0.3) is 5.56 Å². The Morgan fingerprint density at radius 3 is 2.52 bits per heavy atom. The van der Waals surface area contributed by atoms with E-state index < -0.39 is 0 Å². The van der Waals surface area contributed by atoms with Crippen LogP contribution in [0.15, 0.2) is 47.5 Å². The minimum Gasteiger partial charge on any atom is -0.473 e. The van der Waals surface area contributed by atoms with Gasteiger partial charge < -0.3 is 10.1 Å². The number of nitrogens with zero attached hydrogens (tertiary/aromatic N) is 7. The van der Waals surface area contributed by atoms with Crippen molar-refractivity contribution in [3.05, 3.63) is 58.8 Å². The largest absolute Gasteiger partial charge is 0.473 e. The molecule has 40 heavy (non-hydrogen) atoms. The van der Waals surface area contributed by atoms with Crippen LogP contribution in [0.3, 0.4) is 0 Å². The van der Waals surface area contributed by atoms with Gasteiger partial charge in [0, 0.05) is 61.7 Å². The maximum atomic E-state index is 11.7. The average Bonchev–Trinajstić information content (AvgIpc) is 3.35. The Hall–Kier alpha value is -3.79. The number of hydrogen-bond acceptors (Lipinski definition) is 8. The van der Waals surface area contributed by atoms with Crippen LogP contribution >= 0.6 is 0 Å². The number of hydrogen-bond donors (Lipinski definition) is 1. The summed E-state index contributed by atoms with van der Waals surface area (Å²) in [4.78, 5) is 23.6. The molecule has 2 aliphatic rings. The zero-order chi connectivity index (χ0) is 27.5. The van der Waals surface area contributed by atoms with E-state index in [1.807, 2.05) is 12.4 Å². The van der Waals surface area contributed by atoms with E-state index in [0.29, 0.717) is 5.88 Å². The quantitative estimate of drug-likeness (QED) is 0.346. The predicted octanol–water partition coefficient (Wildman–Crippen LogP) is 4.57. The number of piperidine rings is 1. The third-order valence-corrected chi connectivity index (χ3v) is 8.10. The molecule has 10 heteroatoms. The summed E-state index contributed by atoms with van der Waals surface area (Å²) in [7, 11) is 1.64. The second-order valence-electron chi connectivity index (χ2n) is 11.0. The Kier molecular flexibility index (Phi) is 7.77. The SMILES string of the molecule is CCNc1cc2c(cn1)c(-c1ccc(CN3CCCCC3)nc1)nn2C1CCC(Oc2ccc(=O)n(C)n2)CC1. The van der Waals surface area contributed by atoms with Gasteiger partial charge in [-0.3, -0.25) is 19.4 Å². The van der Waals surface area contributed by atoms with E-state index in [0.717, 1.165) is 85.5 Å². The first-order valence-corrected chi connectivity index (χ1v) is 14.6. The minimum atomic E-state index is -0.143. The highest BCUT2D eigenvalue weighted by Crippen LogP contribution is 2.36. The van der Waals surface area contributed by atoms with Crippen LogP contribution in [0.4, 0.5) is 5.82 Å². The minimum absolute atomic E-state index is 0.0678. The van der Waals surface area contributed by atoms with Crippen molar-refractivity contribution >= 4 is 16.7 Å². The molecule has 0 unspecified atom stereocenters. The summed E-state index contributed by atoms with van der Waals surface area (Å²) in [5.41, 5.74) is 3.99. The van der Waals surface area contributed by atoms with Crippen molar-refractivity contribution in [1.29, 1.82) is 0 Å². The molecule has 1 aliphatic carbocycles. The maximum absolute atomic E-state index is 11.7. The molecule has 210 valence electrons. The average molecular weight is 543 g/mol. The second kappa shape index (κ2) is 11.8. The first-order valence-electron chi connectivity index (χ1n) is 14.6. The van der Waals surface area contributed by atoms with E-state index in [2.05, 4.69) is 50.1 Å². The van der Waals surface area contributed by atoms with Crippen LogP contribution in [0, 0.1) is 0 Å². The number of fused-ring (bicyclic) bond motifs is 1. The summed E-state index contributed by atoms with van der Waals surface area (Å²) in [5.74, 6) is 1.35. The molecule has 4 aromatic rings. The smallest absolute Gasteiger partial charge is 0.266 e. The van der Waals surface area contributed by atoms with Crippen molar-refractivity contribution in [2.75, 3.05) is 25.0 Å². The third-order valence-electron chi connectivity index (χ3n) is 8.10. The Balaban J connectivity index is 1.22. The van der Waals surface area contributed by atoms with Crippen molar-refractivity contribution in [3.8, 4) is 17.1 Å². The highest BCUT2D eigenvalue weighted by Gasteiger charge is 2.27. The van der Waals surface area contributed by atoms with E-state index in [4.69, 9.17) is 14.8 Å². The first-order chi connectivity index (χ1) is 19.6. The highest BCUT2D eigenvalue weighted by atomic mass is 16.5. The number of ether oxygens (including phenoxy) is 1. The molecule has 1 saturated carbocycles. The van der Waals surface area contributed by atoms with Gasteiger partial charge in [-0.05, 0) is 70.7 Å². The molecule has 0 bridgehead atoms. The third kappa shape index (κ3) is 5.72. The summed E-state index contributed by atoms with van der Waals surface area (Å²) in [6.45, 7) is 6.11. The molecule has 1 N–H and O–H groups in total. The van der Waals surface area contributed by atoms with Gasteiger partial charge in [0.1, 0.15) is 17.6 Å². The van der Waals surface area contributed by atoms with Gasteiger partial charge in [-0.1, -0.05) is 6.42 Å². The van der Waals surface area contributed by atoms with E-state index in [9.17, 15) is 4.79 Å². The van der Waals surface area contributed by atoms with Gasteiger partial charge in [-0.2, -0.15) is 5.10 Å². The number of pyridine rings is 2. The van der Waals surface area contributed by atoms with E-state index in [1.165, 1.54) is 30.0 Å². The first kappa shape index (κ1) is 26.4. The fraction of sp³-hybridized carbons (Fsp3) is 0.500. The molecule has 4 aromatic heterocycles. The summed E-state index contributed by atoms with van der Waals surface area (Å²) in [5, 5.41) is 13.8. The molecule has 6 rings (SSSR count). The van der Waals surface area contributed by atoms with Crippen molar-refractivity contribution in [3.63, 3.8) is 0 Å². The molecule has 1 saturated heterocycles. The topological polar surface area (TPSA) is 103 Å². The normalized spacial score (nSPS) is 20.1. The fourth-order valence-corrected chi connectivity index (χ4v) is 5.93. The Labute approximate surface area is 234 Å². The molecule has 2 fully saturated rings. The van der Waals surface area contributed by atoms with Crippen molar-refractivity contribution < 1.29 is 4.74 Å². The molecular weight excluding hydrogens is 504 g/mol. The summed E-state index contributed by atoms with van der Waals surface area (Å²) >= 11 is 0. The second-order valence-corrected chi connectivity index (χ2v) is 11.0. The van der Waals surface area contributed by atoms with Crippen molar-refractivity contribution in [1.82, 2.24) is 34.4 Å². The van der Waals surface area contributed by atoms with Gasteiger partial charge in [0.15, 0.2) is 0 Å². The number of rotatable bonds is 8. The number of aromatic nitrogens is 6. The zero-order valence-corrected chi connectivity index (χ0v) is 23.4. The van der Waals surface area contributed by atoms with Crippen molar-refractivity contribution in [2.45, 2.75) is 70.6 Å². The summed E-state index contributed by atoms with van der Waals surface area (Å²) in [6, 6.07) is 9.82. The van der Waals surface area contributed by atoms with Crippen molar-refractivity contribution in [2.24, 2.45) is 7.05 Å². The standard InChI is InChI=1S/C30H38N8O2/c1-3-31-27-17-26-25(19-33-27)30(21-7-8-22(32-18-21)20-37-15-5-4-6-16-37)35-38(26)23-9-11-24(12-10-23)40-28-13-14-29(39)36(2)34-28/h7-8,13-14,17-19,23-24H,3-6,9-12,15-16,20H2,1-2H3,(H,31,33). The number of nitrogens with one attached hydrogen (secondary N) is 1. The summed E-state index contributed by atoms with van der Waals surface area (Å²) < 4.78 is 9.62. The van der Waals surface area contributed by atoms with Gasteiger partial charge in [-0.15, -0.1) is 5.10 Å². The fourth-order valence-electron chi connectivity index (χ4n) is 5.93. The lowest BCUT2D eigenvalue weighted by atomic mass is 9.93. The molecule has 1 aliphatic heterocycles. The molecule has 0 atom stereocenters. The molecule has 5 heterocycles. The molecule has 10 nitrogen and oxygen atoms in total. The number of likely N-dealkylation sites (tertiary alicyclic amines) is 1. The van der Waals surface area contributed by atoms with Crippen LogP contribution in [0.1, 0.15) is 63.6 Å². The number of anilines is 1. The van der Waals surface area contributed by atoms with E-state index in [-0.39, 0.29) is 17.7 Å². The van der Waals surface area contributed by atoms with Crippen LogP contribution in [0.25, 0.3) is 22.2 Å². The lowest BCUT2D eigenvalue weighted by Crippen LogP contribution is -2.29. The molecular formula is C30H38N8O2. The van der Waals surface area contributed by atoms with Gasteiger partial charge in [0.2, 0.25) is 5.88 Å². The zero-order valence-electron chi connectivity index (χ0n) is 23.4. The lowest BCUT2D eigenvalue weighted by Gasteiger charge is -2.29. The molecule has 0 radical (unpaired) electrons. The number of aryl methyl sites for hydroxylation is 1. The van der Waals surface area contributed by atoms with Gasteiger partial charge >= 0.3 is 0 Å². The Morgan fingerprint density at radius 2 is 1.80 bits per heavy atom. The molecule has 0 amide bonds. The Morgan fingerprint density at radius 1 is 0.975 bits per heavy atom. The van der Waals surface area contributed by atoms with Gasteiger partial charge in [0.05, 0.1) is 17.3 Å². The maximum Gasteiger partial charge on any atom is 0.266 e. The van der Waals surface area contributed by atoms with Gasteiger partial charge in [-0.25, -0.2) is 9.67 Å². The van der Waals surface area contributed by atoms with E-state index >= 15 is 0 Å². The van der Waals surface area contributed by atoms with Crippen LogP contribution in [-0.2, 0) is 13.6 Å². The lowest BCUT2D eigenvalue weighted by molar-refractivity contribution is 0.123.